The van der Waals surface area contributed by atoms with Gasteiger partial charge in [0.25, 0.3) is 5.56 Å². The summed E-state index contributed by atoms with van der Waals surface area (Å²) in [5.74, 6) is 0. The molecule has 1 aliphatic heterocycles. The van der Waals surface area contributed by atoms with Gasteiger partial charge in [0, 0.05) is 18.9 Å². The second kappa shape index (κ2) is 18.6. The van der Waals surface area contributed by atoms with Crippen LogP contribution in [-0.4, -0.2) is 74.9 Å². The van der Waals surface area contributed by atoms with Crippen LogP contribution >= 0.6 is 20.0 Å². The Bertz CT molecular complexity index is 1040. The van der Waals surface area contributed by atoms with Crippen molar-refractivity contribution in [3.8, 4) is 0 Å². The Labute approximate surface area is 248 Å². The van der Waals surface area contributed by atoms with Crippen LogP contribution in [0.4, 0.5) is 0 Å². The van der Waals surface area contributed by atoms with Gasteiger partial charge in [-0.25, -0.2) is 4.57 Å². The highest BCUT2D eigenvalue weighted by molar-refractivity contribution is 7.71. The Morgan fingerprint density at radius 2 is 1.68 bits per heavy atom. The van der Waals surface area contributed by atoms with Crippen molar-refractivity contribution in [2.24, 2.45) is 5.73 Å². The molecule has 238 valence electrons. The number of aromatic amines is 1. The van der Waals surface area contributed by atoms with Gasteiger partial charge in [-0.3, -0.25) is 23.4 Å². The Morgan fingerprint density at radius 1 is 1.10 bits per heavy atom. The van der Waals surface area contributed by atoms with E-state index in [1.54, 1.807) is 0 Å². The van der Waals surface area contributed by atoms with Crippen LogP contribution in [0, 0.1) is 4.77 Å². The second-order valence-corrected chi connectivity index (χ2v) is 12.8. The maximum Gasteiger partial charge on any atom is 0.472 e. The molecular formula is C27H50N3O9PS. The number of nitrogens with one attached hydrogen (secondary N) is 1. The molecular weight excluding hydrogens is 573 g/mol. The van der Waals surface area contributed by atoms with Crippen molar-refractivity contribution < 1.29 is 38.2 Å². The number of unbranched alkanes of at least 4 members (excludes halogenated alkanes) is 11. The molecule has 14 heteroatoms. The number of ether oxygens (including phenoxy) is 2. The topological polar surface area (TPSA) is 178 Å². The molecule has 1 saturated heterocycles. The van der Waals surface area contributed by atoms with Gasteiger partial charge in [0.05, 0.1) is 25.9 Å². The lowest BCUT2D eigenvalue weighted by molar-refractivity contribution is -0.0978. The minimum atomic E-state index is -4.53. The largest absolute Gasteiger partial charge is 0.472 e. The Kier molecular flexibility index (Phi) is 16.4. The van der Waals surface area contributed by atoms with E-state index in [1.807, 2.05) is 0 Å². The van der Waals surface area contributed by atoms with Crippen LogP contribution in [0.2, 0.25) is 0 Å². The highest BCUT2D eigenvalue weighted by Gasteiger charge is 2.53. The molecule has 1 fully saturated rings. The zero-order valence-corrected chi connectivity index (χ0v) is 26.2. The van der Waals surface area contributed by atoms with Crippen LogP contribution in [0.25, 0.3) is 0 Å². The van der Waals surface area contributed by atoms with Crippen LogP contribution in [0.3, 0.4) is 0 Å². The summed E-state index contributed by atoms with van der Waals surface area (Å²) in [4.78, 5) is 23.9. The van der Waals surface area contributed by atoms with E-state index < -0.39 is 50.1 Å². The molecule has 0 saturated carbocycles. The van der Waals surface area contributed by atoms with E-state index in [4.69, 9.17) is 36.5 Å². The number of H-pyrrole nitrogens is 1. The molecule has 12 nitrogen and oxygen atoms in total. The predicted molar refractivity (Wildman–Crippen MR) is 158 cm³/mol. The quantitative estimate of drug-likeness (QED) is 0.0714. The monoisotopic (exact) mass is 623 g/mol. The zero-order valence-electron chi connectivity index (χ0n) is 24.4. The molecule has 6 atom stereocenters. The molecule has 0 amide bonds. The van der Waals surface area contributed by atoms with E-state index in [0.29, 0.717) is 6.61 Å². The van der Waals surface area contributed by atoms with Crippen LogP contribution in [-0.2, 0) is 23.1 Å². The average Bonchev–Trinajstić information content (AvgIpc) is 3.14. The Hall–Kier alpha value is -0.990. The molecule has 6 N–H and O–H groups in total. The summed E-state index contributed by atoms with van der Waals surface area (Å²) in [5, 5.41) is 21.3. The lowest BCUT2D eigenvalue weighted by Crippen LogP contribution is -2.44. The Morgan fingerprint density at radius 3 is 2.27 bits per heavy atom. The lowest BCUT2D eigenvalue weighted by atomic mass is 9.96. The fourth-order valence-corrected chi connectivity index (χ4v) is 5.76. The third-order valence-corrected chi connectivity index (χ3v) is 8.45. The third kappa shape index (κ3) is 13.0. The summed E-state index contributed by atoms with van der Waals surface area (Å²) in [7, 11) is -4.53. The summed E-state index contributed by atoms with van der Waals surface area (Å²) >= 11 is 5.10. The van der Waals surface area contributed by atoms with Crippen molar-refractivity contribution in [1.29, 1.82) is 0 Å². The SMILES string of the molecule is CCCCCCCCCCCCCCOC[C@@H](N)COP(=O)(O)OC[C@H]1O[C@@H](n2ccc(=O)[nH]c2=S)[C@](C)(O)C1O. The van der Waals surface area contributed by atoms with Gasteiger partial charge in [-0.2, -0.15) is 0 Å². The zero-order chi connectivity index (χ0) is 30.3. The summed E-state index contributed by atoms with van der Waals surface area (Å²) in [6.07, 6.45) is 12.6. The maximum atomic E-state index is 12.3. The highest BCUT2D eigenvalue weighted by atomic mass is 32.1. The van der Waals surface area contributed by atoms with Crippen LogP contribution < -0.4 is 11.3 Å². The number of nitrogens with zero attached hydrogens (tertiary/aromatic N) is 1. The van der Waals surface area contributed by atoms with Gasteiger partial charge in [-0.05, 0) is 25.6 Å². The van der Waals surface area contributed by atoms with Crippen molar-refractivity contribution in [2.45, 2.75) is 121 Å². The second-order valence-electron chi connectivity index (χ2n) is 11.0. The van der Waals surface area contributed by atoms with E-state index in [1.165, 1.54) is 88.0 Å². The average molecular weight is 624 g/mol. The van der Waals surface area contributed by atoms with Crippen molar-refractivity contribution in [3.63, 3.8) is 0 Å². The normalized spacial score (nSPS) is 24.9. The first kappa shape index (κ1) is 36.2. The molecule has 2 heterocycles. The van der Waals surface area contributed by atoms with Gasteiger partial charge in [-0.15, -0.1) is 0 Å². The van der Waals surface area contributed by atoms with Gasteiger partial charge in [0.1, 0.15) is 17.8 Å². The van der Waals surface area contributed by atoms with Crippen molar-refractivity contribution in [2.75, 3.05) is 26.4 Å². The molecule has 41 heavy (non-hydrogen) atoms. The Balaban J connectivity index is 1.57. The molecule has 1 aromatic heterocycles. The molecule has 2 unspecified atom stereocenters. The van der Waals surface area contributed by atoms with Crippen LogP contribution in [0.15, 0.2) is 17.1 Å². The van der Waals surface area contributed by atoms with Gasteiger partial charge in [0.2, 0.25) is 0 Å². The molecule has 0 spiro atoms. The van der Waals surface area contributed by atoms with Crippen LogP contribution in [0.5, 0.6) is 0 Å². The smallest absolute Gasteiger partial charge is 0.387 e. The van der Waals surface area contributed by atoms with Gasteiger partial charge >= 0.3 is 7.82 Å². The first-order chi connectivity index (χ1) is 19.5. The fourth-order valence-electron chi connectivity index (χ4n) is 4.71. The van der Waals surface area contributed by atoms with E-state index in [0.717, 1.165) is 12.8 Å². The minimum absolute atomic E-state index is 0.0253. The maximum absolute atomic E-state index is 12.3. The van der Waals surface area contributed by atoms with Crippen molar-refractivity contribution >= 4 is 20.0 Å². The number of phosphoric acid groups is 1. The number of aromatic nitrogens is 2. The first-order valence-corrected chi connectivity index (χ1v) is 16.7. The number of hydrogen-bond acceptors (Lipinski definition) is 10. The van der Waals surface area contributed by atoms with E-state index in [9.17, 15) is 24.5 Å². The van der Waals surface area contributed by atoms with E-state index >= 15 is 0 Å². The van der Waals surface area contributed by atoms with Crippen molar-refractivity contribution in [1.82, 2.24) is 9.55 Å². The molecule has 0 aromatic carbocycles. The van der Waals surface area contributed by atoms with E-state index in [-0.39, 0.29) is 18.0 Å². The number of aliphatic hydroxyl groups excluding tert-OH is 1. The minimum Gasteiger partial charge on any atom is -0.387 e. The lowest BCUT2D eigenvalue weighted by Gasteiger charge is -2.27. The fraction of sp³-hybridized carbons (Fsp3) is 0.852. The third-order valence-electron chi connectivity index (χ3n) is 7.19. The van der Waals surface area contributed by atoms with E-state index in [2.05, 4.69) is 11.9 Å². The first-order valence-electron chi connectivity index (χ1n) is 14.8. The summed E-state index contributed by atoms with van der Waals surface area (Å²) in [6, 6.07) is 0.560. The predicted octanol–water partition coefficient (Wildman–Crippen LogP) is 4.09. The highest BCUT2D eigenvalue weighted by Crippen LogP contribution is 2.45. The molecule has 0 bridgehead atoms. The number of aliphatic hydroxyl groups is 2. The van der Waals surface area contributed by atoms with Gasteiger partial charge < -0.3 is 30.3 Å². The molecule has 1 aromatic rings. The summed E-state index contributed by atoms with van der Waals surface area (Å²) in [6.45, 7) is 3.47. The summed E-state index contributed by atoms with van der Waals surface area (Å²) < 4.78 is 34.8. The molecule has 1 aliphatic rings. The standard InChI is InChI=1S/C27H50N3O9PS/c1-3-4-5-6-7-8-9-10-11-12-13-14-17-36-18-21(28)19-37-40(34,35)38-20-22-24(32)27(2,33)25(39-22)30-16-15-23(31)29-26(30)41/h15-16,21-22,24-25,32-33H,3-14,17-20,28H2,1-2H3,(H,34,35)(H,29,31,41)/t21-,22-,24?,25-,27-/m1/s1. The van der Waals surface area contributed by atoms with Gasteiger partial charge in [0.15, 0.2) is 11.0 Å². The summed E-state index contributed by atoms with van der Waals surface area (Å²) in [5.41, 5.74) is 3.67. The van der Waals surface area contributed by atoms with Gasteiger partial charge in [-0.1, -0.05) is 77.6 Å². The number of rotatable bonds is 22. The molecule has 0 aliphatic carbocycles. The number of nitrogens with two attached hydrogens (primary N) is 1. The van der Waals surface area contributed by atoms with Crippen molar-refractivity contribution in [3.05, 3.63) is 27.4 Å². The van der Waals surface area contributed by atoms with Crippen LogP contribution in [0.1, 0.15) is 97.1 Å². The number of phosphoric ester groups is 1. The molecule has 2 rings (SSSR count). The number of hydrogen-bond donors (Lipinski definition) is 5. The molecule has 0 radical (unpaired) electrons.